The largest absolute Gasteiger partial charge is 0.466 e. The number of unbranched alkanes of at least 4 members (excludes halogenated alkanes) is 47. The Labute approximate surface area is 419 Å². The van der Waals surface area contributed by atoms with Crippen LogP contribution in [0.15, 0.2) is 0 Å². The molecule has 1 amide bonds. The average molecular weight is 949 g/mol. The minimum absolute atomic E-state index is 0.0169. The minimum Gasteiger partial charge on any atom is -0.466 e. The number of rotatable bonds is 58. The summed E-state index contributed by atoms with van der Waals surface area (Å²) in [5.41, 5.74) is 0. The first kappa shape index (κ1) is 65.9. The number of hydrogen-bond acceptors (Lipinski definition) is 5. The van der Waals surface area contributed by atoms with E-state index in [-0.39, 0.29) is 18.5 Å². The highest BCUT2D eigenvalue weighted by Crippen LogP contribution is 2.18. The van der Waals surface area contributed by atoms with Crippen molar-refractivity contribution in [3.63, 3.8) is 0 Å². The van der Waals surface area contributed by atoms with E-state index in [9.17, 15) is 19.8 Å². The topological polar surface area (TPSA) is 95.9 Å². The molecule has 3 N–H and O–H groups in total. The van der Waals surface area contributed by atoms with Crippen LogP contribution in [0.3, 0.4) is 0 Å². The average Bonchev–Trinajstić information content (AvgIpc) is 3.33. The second kappa shape index (κ2) is 57.4. The van der Waals surface area contributed by atoms with E-state index in [0.29, 0.717) is 25.9 Å². The molecular weight excluding hydrogens is 827 g/mol. The molecule has 0 radical (unpaired) electrons. The normalized spacial score (nSPS) is 12.5. The maximum Gasteiger partial charge on any atom is 0.305 e. The van der Waals surface area contributed by atoms with Gasteiger partial charge in [0.2, 0.25) is 5.91 Å². The van der Waals surface area contributed by atoms with Gasteiger partial charge in [0.05, 0.1) is 25.4 Å². The molecule has 0 aliphatic heterocycles. The van der Waals surface area contributed by atoms with E-state index in [1.807, 2.05) is 0 Å². The lowest BCUT2D eigenvalue weighted by Gasteiger charge is -2.22. The van der Waals surface area contributed by atoms with Crippen LogP contribution in [0, 0.1) is 0 Å². The highest BCUT2D eigenvalue weighted by molar-refractivity contribution is 5.76. The Hall–Kier alpha value is -1.14. The first-order chi connectivity index (χ1) is 33.0. The van der Waals surface area contributed by atoms with Crippen molar-refractivity contribution in [1.29, 1.82) is 0 Å². The monoisotopic (exact) mass is 948 g/mol. The Balaban J connectivity index is 3.34. The van der Waals surface area contributed by atoms with Crippen LogP contribution < -0.4 is 5.32 Å². The van der Waals surface area contributed by atoms with Crippen LogP contribution in [0.5, 0.6) is 0 Å². The van der Waals surface area contributed by atoms with E-state index in [2.05, 4.69) is 19.2 Å². The van der Waals surface area contributed by atoms with Crippen LogP contribution in [-0.2, 0) is 14.3 Å². The fourth-order valence-corrected chi connectivity index (χ4v) is 9.94. The molecule has 2 unspecified atom stereocenters. The fraction of sp³-hybridized carbons (Fsp3) is 0.967. The summed E-state index contributed by atoms with van der Waals surface area (Å²) in [6.45, 7) is 4.98. The maximum absolute atomic E-state index is 12.5. The van der Waals surface area contributed by atoms with Crippen molar-refractivity contribution >= 4 is 11.9 Å². The Bertz CT molecular complexity index is 959. The van der Waals surface area contributed by atoms with Gasteiger partial charge < -0.3 is 20.3 Å². The Morgan fingerprint density at radius 3 is 0.910 bits per heavy atom. The number of hydrogen-bond donors (Lipinski definition) is 3. The predicted octanol–water partition coefficient (Wildman–Crippen LogP) is 19.1. The van der Waals surface area contributed by atoms with E-state index < -0.39 is 12.1 Å². The fourth-order valence-electron chi connectivity index (χ4n) is 9.94. The standard InChI is InChI=1S/C61H121NO5/c1-3-5-7-9-11-13-15-17-18-24-28-31-35-39-43-47-51-55-61(66)67-56-52-48-44-40-36-32-29-26-23-21-19-20-22-25-27-30-34-38-42-46-50-54-60(65)62-58(57-63)59(64)53-49-45-41-37-33-16-14-12-10-8-6-4-2/h58-59,63-64H,3-57H2,1-2H3,(H,62,65). The van der Waals surface area contributed by atoms with Crippen molar-refractivity contribution in [2.75, 3.05) is 13.2 Å². The van der Waals surface area contributed by atoms with Crippen molar-refractivity contribution in [2.45, 2.75) is 366 Å². The SMILES string of the molecule is CCCCCCCCCCCCCCCCCCCC(=O)OCCCCCCCCCCCCCCCCCCCCCCCC(=O)NC(CO)C(O)CCCCCCCCCCCCCC. The number of aliphatic hydroxyl groups excluding tert-OH is 2. The van der Waals surface area contributed by atoms with Gasteiger partial charge in [-0.2, -0.15) is 0 Å². The molecule has 0 fully saturated rings. The van der Waals surface area contributed by atoms with Gasteiger partial charge in [-0.15, -0.1) is 0 Å². The van der Waals surface area contributed by atoms with Gasteiger partial charge in [-0.05, 0) is 25.7 Å². The maximum atomic E-state index is 12.5. The summed E-state index contributed by atoms with van der Waals surface area (Å²) >= 11 is 0. The molecule has 2 atom stereocenters. The molecule has 67 heavy (non-hydrogen) atoms. The van der Waals surface area contributed by atoms with Crippen LogP contribution in [0.2, 0.25) is 0 Å². The molecule has 0 saturated heterocycles. The molecule has 0 heterocycles. The highest BCUT2D eigenvalue weighted by Gasteiger charge is 2.20. The second-order valence-corrected chi connectivity index (χ2v) is 21.4. The van der Waals surface area contributed by atoms with Crippen LogP contribution in [0.25, 0.3) is 0 Å². The number of nitrogens with one attached hydrogen (secondary N) is 1. The van der Waals surface area contributed by atoms with E-state index in [1.54, 1.807) is 0 Å². The second-order valence-electron chi connectivity index (χ2n) is 21.4. The quantitative estimate of drug-likeness (QED) is 0.0417. The third-order valence-corrected chi connectivity index (χ3v) is 14.7. The molecule has 0 spiro atoms. The van der Waals surface area contributed by atoms with Gasteiger partial charge in [0, 0.05) is 12.8 Å². The number of esters is 1. The molecule has 0 bridgehead atoms. The summed E-state index contributed by atoms with van der Waals surface area (Å²) < 4.78 is 5.50. The molecule has 0 aromatic rings. The number of ether oxygens (including phenoxy) is 1. The zero-order chi connectivity index (χ0) is 48.6. The third kappa shape index (κ3) is 54.0. The zero-order valence-electron chi connectivity index (χ0n) is 45.7. The molecule has 0 saturated carbocycles. The number of aliphatic hydroxyl groups is 2. The third-order valence-electron chi connectivity index (χ3n) is 14.7. The molecule has 0 aromatic carbocycles. The summed E-state index contributed by atoms with van der Waals surface area (Å²) in [6, 6.07) is -0.540. The lowest BCUT2D eigenvalue weighted by Crippen LogP contribution is -2.45. The van der Waals surface area contributed by atoms with Crippen molar-refractivity contribution in [2.24, 2.45) is 0 Å². The zero-order valence-corrected chi connectivity index (χ0v) is 45.7. The van der Waals surface area contributed by atoms with E-state index in [1.165, 1.54) is 283 Å². The van der Waals surface area contributed by atoms with Crippen LogP contribution >= 0.6 is 0 Å². The minimum atomic E-state index is -0.662. The smallest absolute Gasteiger partial charge is 0.305 e. The predicted molar refractivity (Wildman–Crippen MR) is 292 cm³/mol. The molecule has 0 aliphatic carbocycles. The van der Waals surface area contributed by atoms with Crippen molar-refractivity contribution in [1.82, 2.24) is 5.32 Å². The summed E-state index contributed by atoms with van der Waals surface area (Å²) in [5, 5.41) is 23.2. The molecule has 6 nitrogen and oxygen atoms in total. The molecule has 0 rings (SSSR count). The van der Waals surface area contributed by atoms with Crippen LogP contribution in [0.4, 0.5) is 0 Å². The molecular formula is C61H121NO5. The Morgan fingerprint density at radius 1 is 0.358 bits per heavy atom. The van der Waals surface area contributed by atoms with E-state index in [0.717, 1.165) is 38.5 Å². The van der Waals surface area contributed by atoms with Gasteiger partial charge in [-0.3, -0.25) is 9.59 Å². The van der Waals surface area contributed by atoms with E-state index in [4.69, 9.17) is 4.74 Å². The van der Waals surface area contributed by atoms with Crippen molar-refractivity contribution in [3.8, 4) is 0 Å². The van der Waals surface area contributed by atoms with Gasteiger partial charge in [-0.25, -0.2) is 0 Å². The summed E-state index contributed by atoms with van der Waals surface area (Å²) in [6.07, 6.45) is 66.8. The lowest BCUT2D eigenvalue weighted by atomic mass is 10.0. The Kier molecular flexibility index (Phi) is 56.5. The summed E-state index contributed by atoms with van der Waals surface area (Å²) in [4.78, 5) is 24.5. The van der Waals surface area contributed by atoms with Crippen LogP contribution in [0.1, 0.15) is 354 Å². The van der Waals surface area contributed by atoms with E-state index >= 15 is 0 Å². The lowest BCUT2D eigenvalue weighted by molar-refractivity contribution is -0.143. The first-order valence-corrected chi connectivity index (χ1v) is 30.8. The number of carbonyl (C=O) groups excluding carboxylic acids is 2. The van der Waals surface area contributed by atoms with Crippen molar-refractivity contribution < 1.29 is 24.5 Å². The molecule has 6 heteroatoms. The first-order valence-electron chi connectivity index (χ1n) is 30.8. The summed E-state index contributed by atoms with van der Waals surface area (Å²) in [5.74, 6) is -0.0173. The van der Waals surface area contributed by atoms with Crippen LogP contribution in [-0.4, -0.2) is 47.4 Å². The highest BCUT2D eigenvalue weighted by atomic mass is 16.5. The summed E-state index contributed by atoms with van der Waals surface area (Å²) in [7, 11) is 0. The van der Waals surface area contributed by atoms with Gasteiger partial charge in [0.25, 0.3) is 0 Å². The Morgan fingerprint density at radius 2 is 0.612 bits per heavy atom. The van der Waals surface area contributed by atoms with Gasteiger partial charge in [0.15, 0.2) is 0 Å². The molecule has 0 aromatic heterocycles. The number of amides is 1. The van der Waals surface area contributed by atoms with Gasteiger partial charge >= 0.3 is 5.97 Å². The number of carbonyl (C=O) groups is 2. The van der Waals surface area contributed by atoms with Crippen molar-refractivity contribution in [3.05, 3.63) is 0 Å². The van der Waals surface area contributed by atoms with Gasteiger partial charge in [-0.1, -0.05) is 316 Å². The molecule has 400 valence electrons. The molecule has 0 aliphatic rings. The van der Waals surface area contributed by atoms with Gasteiger partial charge in [0.1, 0.15) is 0 Å².